The third kappa shape index (κ3) is 0.823. The molecule has 0 saturated heterocycles. The van der Waals surface area contributed by atoms with Gasteiger partial charge in [0.25, 0.3) is 0 Å². The van der Waals surface area contributed by atoms with E-state index < -0.39 is 0 Å². The first-order valence-electron chi connectivity index (χ1n) is 3.20. The first-order chi connectivity index (χ1) is 4.36. The lowest BCUT2D eigenvalue weighted by Crippen LogP contribution is -2.25. The monoisotopic (exact) mass is 124 g/mol. The fourth-order valence-electron chi connectivity index (χ4n) is 0.967. The largest absolute Gasteiger partial charge is 0.313 e. The van der Waals surface area contributed by atoms with E-state index in [4.69, 9.17) is 0 Å². The Morgan fingerprint density at radius 2 is 2.33 bits per heavy atom. The van der Waals surface area contributed by atoms with Crippen LogP contribution in [0.4, 0.5) is 0 Å². The topological polar surface area (TPSA) is 41.5 Å². The van der Waals surface area contributed by atoms with Crippen molar-refractivity contribution in [3.63, 3.8) is 0 Å². The summed E-state index contributed by atoms with van der Waals surface area (Å²) in [6.45, 7) is 0.353. The van der Waals surface area contributed by atoms with Crippen molar-refractivity contribution in [2.24, 2.45) is 10.9 Å². The summed E-state index contributed by atoms with van der Waals surface area (Å²) in [5.41, 5.74) is 0. The third-order valence-corrected chi connectivity index (χ3v) is 1.62. The van der Waals surface area contributed by atoms with E-state index in [2.05, 4.69) is 10.3 Å². The van der Waals surface area contributed by atoms with Crippen LogP contribution in [-0.2, 0) is 4.79 Å². The van der Waals surface area contributed by atoms with Gasteiger partial charge < -0.3 is 5.32 Å². The molecule has 0 aromatic carbocycles. The molecule has 0 spiro atoms. The first kappa shape index (κ1) is 4.97. The van der Waals surface area contributed by atoms with Crippen molar-refractivity contribution < 1.29 is 4.79 Å². The number of carbonyl (C=O) groups excluding carboxylic acids is 1. The Bertz CT molecular complexity index is 181. The molecule has 0 bridgehead atoms. The van der Waals surface area contributed by atoms with E-state index in [1.165, 1.54) is 12.8 Å². The minimum absolute atomic E-state index is 0.0527. The predicted molar refractivity (Wildman–Crippen MR) is 33.2 cm³/mol. The molecular weight excluding hydrogens is 116 g/mol. The molecule has 48 valence electrons. The van der Waals surface area contributed by atoms with Crippen LogP contribution in [0.15, 0.2) is 4.99 Å². The zero-order valence-electron chi connectivity index (χ0n) is 5.05. The average molecular weight is 124 g/mol. The maximum Gasteiger partial charge on any atom is 0.247 e. The smallest absolute Gasteiger partial charge is 0.247 e. The van der Waals surface area contributed by atoms with Crippen molar-refractivity contribution in [3.8, 4) is 0 Å². The SMILES string of the molecule is O=C1CN=C(C2CC2)N1. The van der Waals surface area contributed by atoms with Crippen LogP contribution in [0.2, 0.25) is 0 Å². The van der Waals surface area contributed by atoms with Gasteiger partial charge in [-0.25, -0.2) is 0 Å². The van der Waals surface area contributed by atoms with Crippen LogP contribution in [0.25, 0.3) is 0 Å². The van der Waals surface area contributed by atoms with Gasteiger partial charge in [0.05, 0.1) is 0 Å². The number of hydrogen-bond donors (Lipinski definition) is 1. The molecule has 1 saturated carbocycles. The summed E-state index contributed by atoms with van der Waals surface area (Å²) in [4.78, 5) is 14.6. The minimum atomic E-state index is 0.0527. The Balaban J connectivity index is 2.05. The van der Waals surface area contributed by atoms with E-state index in [1.54, 1.807) is 0 Å². The highest BCUT2D eigenvalue weighted by Crippen LogP contribution is 2.30. The molecule has 1 amide bonds. The van der Waals surface area contributed by atoms with Gasteiger partial charge in [-0.2, -0.15) is 0 Å². The summed E-state index contributed by atoms with van der Waals surface area (Å²) in [5.74, 6) is 1.58. The molecular formula is C6H8N2O. The number of aliphatic imine (C=N–C) groups is 1. The van der Waals surface area contributed by atoms with Gasteiger partial charge in [-0.15, -0.1) is 0 Å². The van der Waals surface area contributed by atoms with E-state index in [9.17, 15) is 4.79 Å². The highest BCUT2D eigenvalue weighted by atomic mass is 16.2. The van der Waals surface area contributed by atoms with Crippen molar-refractivity contribution >= 4 is 11.7 Å². The number of nitrogens with zero attached hydrogens (tertiary/aromatic N) is 1. The van der Waals surface area contributed by atoms with Gasteiger partial charge in [-0.05, 0) is 12.8 Å². The molecule has 1 heterocycles. The predicted octanol–water partition coefficient (Wildman–Crippen LogP) is -0.0753. The molecule has 1 fully saturated rings. The molecule has 0 radical (unpaired) electrons. The standard InChI is InChI=1S/C6H8N2O/c9-5-3-7-6(8-5)4-1-2-4/h4H,1-3H2,(H,7,8,9). The van der Waals surface area contributed by atoms with Crippen molar-refractivity contribution in [2.75, 3.05) is 6.54 Å². The van der Waals surface area contributed by atoms with Gasteiger partial charge in [0, 0.05) is 5.92 Å². The molecule has 1 aliphatic heterocycles. The number of hydrogen-bond acceptors (Lipinski definition) is 2. The van der Waals surface area contributed by atoms with Gasteiger partial charge in [-0.1, -0.05) is 0 Å². The maximum absolute atomic E-state index is 10.6. The van der Waals surface area contributed by atoms with Crippen LogP contribution in [0, 0.1) is 5.92 Å². The summed E-state index contributed by atoms with van der Waals surface area (Å²) in [6, 6.07) is 0. The molecule has 0 atom stereocenters. The van der Waals surface area contributed by atoms with Gasteiger partial charge >= 0.3 is 0 Å². The lowest BCUT2D eigenvalue weighted by molar-refractivity contribution is -0.117. The van der Waals surface area contributed by atoms with Gasteiger partial charge in [0.1, 0.15) is 12.4 Å². The molecule has 2 aliphatic rings. The van der Waals surface area contributed by atoms with Crippen molar-refractivity contribution in [1.82, 2.24) is 5.32 Å². The Hall–Kier alpha value is -0.860. The molecule has 0 unspecified atom stereocenters. The first-order valence-corrected chi connectivity index (χ1v) is 3.20. The van der Waals surface area contributed by atoms with Gasteiger partial charge in [-0.3, -0.25) is 9.79 Å². The number of carbonyl (C=O) groups is 1. The van der Waals surface area contributed by atoms with Crippen molar-refractivity contribution in [1.29, 1.82) is 0 Å². The van der Waals surface area contributed by atoms with E-state index in [1.807, 2.05) is 0 Å². The third-order valence-electron chi connectivity index (χ3n) is 1.62. The van der Waals surface area contributed by atoms with Crippen LogP contribution < -0.4 is 5.32 Å². The molecule has 1 aliphatic carbocycles. The summed E-state index contributed by atoms with van der Waals surface area (Å²) < 4.78 is 0. The van der Waals surface area contributed by atoms with Crippen LogP contribution in [-0.4, -0.2) is 18.3 Å². The fourth-order valence-corrected chi connectivity index (χ4v) is 0.967. The number of amides is 1. The van der Waals surface area contributed by atoms with Crippen molar-refractivity contribution in [3.05, 3.63) is 0 Å². The summed E-state index contributed by atoms with van der Waals surface area (Å²) in [7, 11) is 0. The lowest BCUT2D eigenvalue weighted by atomic mass is 10.4. The van der Waals surface area contributed by atoms with Crippen LogP contribution in [0.5, 0.6) is 0 Å². The highest BCUT2D eigenvalue weighted by Gasteiger charge is 2.30. The highest BCUT2D eigenvalue weighted by molar-refractivity contribution is 6.05. The number of nitrogens with one attached hydrogen (secondary N) is 1. The number of rotatable bonds is 1. The quantitative estimate of drug-likeness (QED) is 0.522. The Morgan fingerprint density at radius 1 is 1.56 bits per heavy atom. The molecule has 3 heteroatoms. The van der Waals surface area contributed by atoms with E-state index in [0.717, 1.165) is 5.84 Å². The molecule has 0 aromatic rings. The van der Waals surface area contributed by atoms with Crippen molar-refractivity contribution in [2.45, 2.75) is 12.8 Å². The molecule has 2 rings (SSSR count). The minimum Gasteiger partial charge on any atom is -0.313 e. The van der Waals surface area contributed by atoms with E-state index >= 15 is 0 Å². The number of amidine groups is 1. The molecule has 1 N–H and O–H groups in total. The zero-order valence-corrected chi connectivity index (χ0v) is 5.05. The Morgan fingerprint density at radius 3 is 2.78 bits per heavy atom. The summed E-state index contributed by atoms with van der Waals surface area (Å²) in [5, 5.41) is 2.73. The van der Waals surface area contributed by atoms with E-state index in [0.29, 0.717) is 12.5 Å². The van der Waals surface area contributed by atoms with Gasteiger partial charge in [0.15, 0.2) is 0 Å². The maximum atomic E-state index is 10.6. The van der Waals surface area contributed by atoms with Gasteiger partial charge in [0.2, 0.25) is 5.91 Å². The summed E-state index contributed by atoms with van der Waals surface area (Å²) >= 11 is 0. The zero-order chi connectivity index (χ0) is 6.27. The Labute approximate surface area is 53.2 Å². The normalized spacial score (nSPS) is 25.8. The summed E-state index contributed by atoms with van der Waals surface area (Å²) in [6.07, 6.45) is 2.41. The van der Waals surface area contributed by atoms with Crippen LogP contribution in [0.1, 0.15) is 12.8 Å². The molecule has 3 nitrogen and oxygen atoms in total. The second-order valence-electron chi connectivity index (χ2n) is 2.52. The van der Waals surface area contributed by atoms with Crippen LogP contribution in [0.3, 0.4) is 0 Å². The second kappa shape index (κ2) is 1.56. The fraction of sp³-hybridized carbons (Fsp3) is 0.667. The second-order valence-corrected chi connectivity index (χ2v) is 2.52. The lowest BCUT2D eigenvalue weighted by Gasteiger charge is -1.93. The average Bonchev–Trinajstić information content (AvgIpc) is 2.58. The Kier molecular flexibility index (Phi) is 0.860. The molecule has 0 aromatic heterocycles. The van der Waals surface area contributed by atoms with Crippen LogP contribution >= 0.6 is 0 Å². The molecule has 9 heavy (non-hydrogen) atoms. The van der Waals surface area contributed by atoms with E-state index in [-0.39, 0.29) is 5.91 Å².